The lowest BCUT2D eigenvalue weighted by atomic mass is 10.0. The van der Waals surface area contributed by atoms with E-state index in [1.54, 1.807) is 0 Å². The summed E-state index contributed by atoms with van der Waals surface area (Å²) in [6, 6.07) is 0. The third-order valence-corrected chi connectivity index (χ3v) is 3.31. The molecule has 2 nitrogen and oxygen atoms in total. The number of carbonyl (C=O) groups excluding carboxylic acids is 1. The molecule has 0 heterocycles. The van der Waals surface area contributed by atoms with Crippen LogP contribution in [0, 0.1) is 11.8 Å². The number of amides is 1. The van der Waals surface area contributed by atoms with E-state index < -0.39 is 0 Å². The Morgan fingerprint density at radius 1 is 1.57 bits per heavy atom. The fourth-order valence-corrected chi connectivity index (χ4v) is 2.17. The van der Waals surface area contributed by atoms with Gasteiger partial charge in [0.05, 0.1) is 0 Å². The normalized spacial score (nSPS) is 17.9. The van der Waals surface area contributed by atoms with E-state index in [-0.39, 0.29) is 5.91 Å². The average molecular weight is 262 g/mol. The van der Waals surface area contributed by atoms with E-state index in [0.29, 0.717) is 11.8 Å². The van der Waals surface area contributed by atoms with E-state index in [0.717, 1.165) is 31.1 Å². The molecular weight excluding hydrogens is 242 g/mol. The van der Waals surface area contributed by atoms with Gasteiger partial charge in [0.1, 0.15) is 0 Å². The average Bonchev–Trinajstić information content (AvgIpc) is 2.96. The van der Waals surface area contributed by atoms with Crippen LogP contribution in [0.5, 0.6) is 0 Å². The largest absolute Gasteiger partial charge is 0.356 e. The summed E-state index contributed by atoms with van der Waals surface area (Å²) < 4.78 is 0. The molecule has 0 radical (unpaired) electrons. The van der Waals surface area contributed by atoms with Crippen molar-refractivity contribution in [1.29, 1.82) is 0 Å². The lowest BCUT2D eigenvalue weighted by molar-refractivity contribution is -0.121. The molecule has 1 rings (SSSR count). The smallest absolute Gasteiger partial charge is 0.220 e. The Morgan fingerprint density at radius 3 is 2.79 bits per heavy atom. The van der Waals surface area contributed by atoms with Gasteiger partial charge in [-0.2, -0.15) is 0 Å². The highest BCUT2D eigenvalue weighted by Crippen LogP contribution is 2.32. The Morgan fingerprint density at radius 2 is 2.29 bits per heavy atom. The van der Waals surface area contributed by atoms with Crippen LogP contribution in [0.4, 0.5) is 0 Å². The van der Waals surface area contributed by atoms with Crippen LogP contribution in [0.25, 0.3) is 0 Å². The van der Waals surface area contributed by atoms with Crippen LogP contribution >= 0.6 is 15.9 Å². The second-order valence-electron chi connectivity index (χ2n) is 4.20. The zero-order valence-corrected chi connectivity index (χ0v) is 10.5. The van der Waals surface area contributed by atoms with Gasteiger partial charge < -0.3 is 5.32 Å². The van der Waals surface area contributed by atoms with Gasteiger partial charge >= 0.3 is 0 Å². The van der Waals surface area contributed by atoms with Crippen LogP contribution in [-0.4, -0.2) is 17.8 Å². The molecule has 1 aliphatic carbocycles. The number of carbonyl (C=O) groups is 1. The maximum absolute atomic E-state index is 11.4. The molecule has 0 aromatic carbocycles. The van der Waals surface area contributed by atoms with Gasteiger partial charge in [-0.1, -0.05) is 29.3 Å². The summed E-state index contributed by atoms with van der Waals surface area (Å²) in [7, 11) is 0. The van der Waals surface area contributed by atoms with Gasteiger partial charge in [0.25, 0.3) is 0 Å². The highest BCUT2D eigenvalue weighted by molar-refractivity contribution is 9.09. The van der Waals surface area contributed by atoms with E-state index in [1.165, 1.54) is 12.8 Å². The number of rotatable bonds is 7. The third-order valence-electron chi connectivity index (χ3n) is 2.85. The third kappa shape index (κ3) is 4.99. The van der Waals surface area contributed by atoms with Gasteiger partial charge in [-0.25, -0.2) is 0 Å². The zero-order chi connectivity index (χ0) is 10.4. The molecule has 14 heavy (non-hydrogen) atoms. The molecule has 82 valence electrons. The molecule has 1 aliphatic rings. The van der Waals surface area contributed by atoms with E-state index in [4.69, 9.17) is 0 Å². The van der Waals surface area contributed by atoms with Crippen molar-refractivity contribution >= 4 is 21.8 Å². The van der Waals surface area contributed by atoms with Crippen molar-refractivity contribution in [2.75, 3.05) is 11.9 Å². The first-order chi connectivity index (χ1) is 6.76. The topological polar surface area (TPSA) is 29.1 Å². The molecule has 0 aliphatic heterocycles. The van der Waals surface area contributed by atoms with Crippen molar-refractivity contribution in [2.45, 2.75) is 39.0 Å². The quantitative estimate of drug-likeness (QED) is 0.702. The summed E-state index contributed by atoms with van der Waals surface area (Å²) in [5.74, 6) is 1.59. The van der Waals surface area contributed by atoms with Crippen LogP contribution in [0.2, 0.25) is 0 Å². The lowest BCUT2D eigenvalue weighted by Crippen LogP contribution is -2.29. The van der Waals surface area contributed by atoms with E-state index in [2.05, 4.69) is 28.2 Å². The fraction of sp³-hybridized carbons (Fsp3) is 0.909. The summed E-state index contributed by atoms with van der Waals surface area (Å²) in [4.78, 5) is 11.4. The molecule has 1 atom stereocenters. The van der Waals surface area contributed by atoms with Gasteiger partial charge in [-0.3, -0.25) is 4.79 Å². The van der Waals surface area contributed by atoms with Crippen molar-refractivity contribution in [3.8, 4) is 0 Å². The second-order valence-corrected chi connectivity index (χ2v) is 5.00. The molecule has 1 fully saturated rings. The van der Waals surface area contributed by atoms with Crippen molar-refractivity contribution in [3.63, 3.8) is 0 Å². The molecule has 0 aromatic heterocycles. The van der Waals surface area contributed by atoms with E-state index in [9.17, 15) is 4.79 Å². The fourth-order valence-electron chi connectivity index (χ4n) is 1.52. The Kier molecular flexibility index (Phi) is 5.53. The zero-order valence-electron chi connectivity index (χ0n) is 8.89. The lowest BCUT2D eigenvalue weighted by Gasteiger charge is -2.13. The predicted molar refractivity (Wildman–Crippen MR) is 62.5 cm³/mol. The number of halogens is 1. The van der Waals surface area contributed by atoms with Gasteiger partial charge in [0.2, 0.25) is 5.91 Å². The first-order valence-electron chi connectivity index (χ1n) is 5.59. The number of hydrogen-bond donors (Lipinski definition) is 1. The Labute approximate surface area is 95.0 Å². The number of alkyl halides is 1. The van der Waals surface area contributed by atoms with Gasteiger partial charge in [0, 0.05) is 18.3 Å². The van der Waals surface area contributed by atoms with E-state index >= 15 is 0 Å². The highest BCUT2D eigenvalue weighted by Gasteiger charge is 2.24. The van der Waals surface area contributed by atoms with Crippen molar-refractivity contribution in [2.24, 2.45) is 11.8 Å². The van der Waals surface area contributed by atoms with Crippen LogP contribution < -0.4 is 5.32 Å². The standard InChI is InChI=1S/C11H20BrNO/c1-2-9(5-6-12)8-13-11(14)7-10-3-4-10/h9-10H,2-8H2,1H3,(H,13,14). The maximum Gasteiger partial charge on any atom is 0.220 e. The van der Waals surface area contributed by atoms with Gasteiger partial charge in [-0.05, 0) is 31.1 Å². The minimum atomic E-state index is 0.250. The number of hydrogen-bond acceptors (Lipinski definition) is 1. The van der Waals surface area contributed by atoms with E-state index in [1.807, 2.05) is 0 Å². The summed E-state index contributed by atoms with van der Waals surface area (Å²) in [5, 5.41) is 4.06. The summed E-state index contributed by atoms with van der Waals surface area (Å²) in [5.41, 5.74) is 0. The van der Waals surface area contributed by atoms with Crippen LogP contribution in [-0.2, 0) is 4.79 Å². The minimum Gasteiger partial charge on any atom is -0.356 e. The highest BCUT2D eigenvalue weighted by atomic mass is 79.9. The summed E-state index contributed by atoms with van der Waals surface area (Å²) >= 11 is 3.44. The summed E-state index contributed by atoms with van der Waals surface area (Å²) in [6.45, 7) is 3.04. The molecular formula is C11H20BrNO. The monoisotopic (exact) mass is 261 g/mol. The maximum atomic E-state index is 11.4. The minimum absolute atomic E-state index is 0.250. The first-order valence-corrected chi connectivity index (χ1v) is 6.71. The molecule has 1 unspecified atom stereocenters. The molecule has 1 N–H and O–H groups in total. The molecule has 0 spiro atoms. The molecule has 1 amide bonds. The van der Waals surface area contributed by atoms with Gasteiger partial charge in [0.15, 0.2) is 0 Å². The summed E-state index contributed by atoms with van der Waals surface area (Å²) in [6.07, 6.45) is 5.57. The van der Waals surface area contributed by atoms with Crippen molar-refractivity contribution in [1.82, 2.24) is 5.32 Å². The first kappa shape index (κ1) is 12.0. The second kappa shape index (κ2) is 6.44. The Hall–Kier alpha value is -0.0500. The Bertz CT molecular complexity index is 180. The SMILES string of the molecule is CCC(CCBr)CNC(=O)CC1CC1. The number of nitrogens with one attached hydrogen (secondary N) is 1. The molecule has 0 bridgehead atoms. The van der Waals surface area contributed by atoms with Crippen molar-refractivity contribution in [3.05, 3.63) is 0 Å². The van der Waals surface area contributed by atoms with Crippen LogP contribution in [0.15, 0.2) is 0 Å². The molecule has 1 saturated carbocycles. The molecule has 3 heteroatoms. The Balaban J connectivity index is 2.06. The van der Waals surface area contributed by atoms with Crippen LogP contribution in [0.3, 0.4) is 0 Å². The molecule has 0 saturated heterocycles. The van der Waals surface area contributed by atoms with Gasteiger partial charge in [-0.15, -0.1) is 0 Å². The predicted octanol–water partition coefficient (Wildman–Crippen LogP) is 2.71. The van der Waals surface area contributed by atoms with Crippen molar-refractivity contribution < 1.29 is 4.79 Å². The molecule has 0 aromatic rings. The van der Waals surface area contributed by atoms with Crippen LogP contribution in [0.1, 0.15) is 39.0 Å².